The molecule has 2 N–H and O–H groups in total. The molecule has 0 atom stereocenters. The van der Waals surface area contributed by atoms with Gasteiger partial charge in [0.2, 0.25) is 5.91 Å². The molecule has 37 heavy (non-hydrogen) atoms. The molecule has 0 saturated carbocycles. The van der Waals surface area contributed by atoms with E-state index in [0.29, 0.717) is 34.4 Å². The lowest BCUT2D eigenvalue weighted by atomic mass is 10.0. The fraction of sp³-hybridized carbons (Fsp3) is 0.241. The van der Waals surface area contributed by atoms with Gasteiger partial charge in [0.15, 0.2) is 5.88 Å². The first-order valence-electron chi connectivity index (χ1n) is 12.3. The van der Waals surface area contributed by atoms with E-state index in [2.05, 4.69) is 21.8 Å². The lowest BCUT2D eigenvalue weighted by Crippen LogP contribution is -2.48. The maximum atomic E-state index is 14.1. The maximum Gasteiger partial charge on any atom is 0.240 e. The molecule has 1 fully saturated rings. The van der Waals surface area contributed by atoms with Crippen LogP contribution in [0.2, 0.25) is 0 Å². The van der Waals surface area contributed by atoms with Crippen molar-refractivity contribution < 1.29 is 14.3 Å². The number of rotatable bonds is 6. The summed E-state index contributed by atoms with van der Waals surface area (Å²) in [5.41, 5.74) is 3.77. The molecular weight excluding hydrogens is 469 g/mol. The monoisotopic (exact) mass is 499 g/mol. The van der Waals surface area contributed by atoms with Crippen LogP contribution in [0.3, 0.4) is 0 Å². The molecule has 7 nitrogen and oxygen atoms in total. The quantitative estimate of drug-likeness (QED) is 0.386. The Morgan fingerprint density at radius 1 is 1.03 bits per heavy atom. The Balaban J connectivity index is 1.43. The number of aromatic hydroxyl groups is 1. The van der Waals surface area contributed by atoms with Crippen molar-refractivity contribution in [2.24, 2.45) is 4.99 Å². The molecule has 1 aliphatic heterocycles. The first-order valence-corrected chi connectivity index (χ1v) is 12.3. The van der Waals surface area contributed by atoms with Gasteiger partial charge in [0, 0.05) is 55.4 Å². The molecule has 190 valence electrons. The van der Waals surface area contributed by atoms with Crippen molar-refractivity contribution >= 4 is 33.9 Å². The predicted molar refractivity (Wildman–Crippen MR) is 145 cm³/mol. The van der Waals surface area contributed by atoms with E-state index in [1.165, 1.54) is 12.1 Å². The number of anilines is 1. The number of nitrogens with one attached hydrogen (secondary N) is 1. The minimum absolute atomic E-state index is 0.0384. The molecule has 0 bridgehead atoms. The number of benzene rings is 3. The van der Waals surface area contributed by atoms with Crippen LogP contribution < -0.4 is 4.90 Å². The zero-order chi connectivity index (χ0) is 25.9. The van der Waals surface area contributed by atoms with Crippen molar-refractivity contribution in [3.63, 3.8) is 0 Å². The third-order valence-electron chi connectivity index (χ3n) is 6.83. The van der Waals surface area contributed by atoms with Gasteiger partial charge in [-0.15, -0.1) is 0 Å². The van der Waals surface area contributed by atoms with Gasteiger partial charge < -0.3 is 19.9 Å². The molecule has 4 aromatic rings. The summed E-state index contributed by atoms with van der Waals surface area (Å²) in [4.78, 5) is 26.8. The van der Waals surface area contributed by atoms with E-state index < -0.39 is 5.82 Å². The standard InChI is InChI=1S/C29H30FN5O2/c1-33-14-16-35(17-15-33)19-26(36)34(2)23-11-9-22(10-12-23)31-28(20-6-4-3-5-7-20)27-24-18-21(30)8-13-25(24)32-29(27)37/h3-13,18,32,37H,14-17,19H2,1-2H3. The van der Waals surface area contributed by atoms with Crippen molar-refractivity contribution in [2.75, 3.05) is 51.7 Å². The average molecular weight is 500 g/mol. The van der Waals surface area contributed by atoms with Crippen LogP contribution in [0.5, 0.6) is 5.88 Å². The van der Waals surface area contributed by atoms with Crippen LogP contribution in [0.15, 0.2) is 77.8 Å². The number of hydrogen-bond donors (Lipinski definition) is 2. The number of piperazine rings is 1. The predicted octanol–water partition coefficient (Wildman–Crippen LogP) is 4.39. The first kappa shape index (κ1) is 24.7. The number of aromatic nitrogens is 1. The molecular formula is C29H30FN5O2. The minimum atomic E-state index is -0.395. The average Bonchev–Trinajstić information content (AvgIpc) is 3.23. The fourth-order valence-electron chi connectivity index (χ4n) is 4.58. The summed E-state index contributed by atoms with van der Waals surface area (Å²) in [6, 6.07) is 21.2. The highest BCUT2D eigenvalue weighted by Gasteiger charge is 2.21. The number of fused-ring (bicyclic) bond motifs is 1. The largest absolute Gasteiger partial charge is 0.494 e. The van der Waals surface area contributed by atoms with Crippen LogP contribution in [-0.2, 0) is 4.79 Å². The topological polar surface area (TPSA) is 75.2 Å². The summed E-state index contributed by atoms with van der Waals surface area (Å²) in [6.07, 6.45) is 0. The van der Waals surface area contributed by atoms with Gasteiger partial charge in [-0.25, -0.2) is 9.38 Å². The summed E-state index contributed by atoms with van der Waals surface area (Å²) in [5, 5.41) is 11.3. The van der Waals surface area contributed by atoms with Crippen molar-refractivity contribution in [1.29, 1.82) is 0 Å². The number of likely N-dealkylation sites (N-methyl/N-ethyl adjacent to an activating group) is 2. The summed E-state index contributed by atoms with van der Waals surface area (Å²) >= 11 is 0. The smallest absolute Gasteiger partial charge is 0.240 e. The second-order valence-corrected chi connectivity index (χ2v) is 9.41. The van der Waals surface area contributed by atoms with E-state index >= 15 is 0 Å². The third kappa shape index (κ3) is 5.40. The molecule has 0 radical (unpaired) electrons. The van der Waals surface area contributed by atoms with Gasteiger partial charge in [0.05, 0.1) is 23.5 Å². The normalized spacial score (nSPS) is 15.3. The highest BCUT2D eigenvalue weighted by atomic mass is 19.1. The Morgan fingerprint density at radius 2 is 1.73 bits per heavy atom. The number of nitrogens with zero attached hydrogens (tertiary/aromatic N) is 4. The molecule has 1 aromatic heterocycles. The number of H-pyrrole nitrogens is 1. The molecule has 3 aromatic carbocycles. The van der Waals surface area contributed by atoms with Gasteiger partial charge in [-0.2, -0.15) is 0 Å². The van der Waals surface area contributed by atoms with Gasteiger partial charge in [-0.05, 0) is 49.5 Å². The van der Waals surface area contributed by atoms with Crippen LogP contribution >= 0.6 is 0 Å². The molecule has 5 rings (SSSR count). The van der Waals surface area contributed by atoms with E-state index in [-0.39, 0.29) is 11.8 Å². The third-order valence-corrected chi connectivity index (χ3v) is 6.83. The van der Waals surface area contributed by atoms with Gasteiger partial charge in [0.1, 0.15) is 5.82 Å². The van der Waals surface area contributed by atoms with Gasteiger partial charge in [-0.1, -0.05) is 30.3 Å². The summed E-state index contributed by atoms with van der Waals surface area (Å²) in [5.74, 6) is -0.431. The SMILES string of the molecule is CN1CCN(CC(=O)N(C)c2ccc(N=C(c3ccccc3)c3c(O)[nH]c4ccc(F)cc34)cc2)CC1. The highest BCUT2D eigenvalue weighted by molar-refractivity contribution is 6.21. The number of halogens is 1. The molecule has 1 aliphatic rings. The molecule has 2 heterocycles. The van der Waals surface area contributed by atoms with Crippen molar-refractivity contribution in [2.45, 2.75) is 0 Å². The molecule has 1 amide bonds. The summed E-state index contributed by atoms with van der Waals surface area (Å²) < 4.78 is 14.1. The van der Waals surface area contributed by atoms with Crippen LogP contribution in [0.1, 0.15) is 11.1 Å². The van der Waals surface area contributed by atoms with Crippen molar-refractivity contribution in [3.8, 4) is 5.88 Å². The minimum Gasteiger partial charge on any atom is -0.494 e. The Bertz CT molecular complexity index is 1420. The first-order chi connectivity index (χ1) is 17.9. The molecule has 0 aliphatic carbocycles. The molecule has 8 heteroatoms. The molecule has 0 spiro atoms. The fourth-order valence-corrected chi connectivity index (χ4v) is 4.58. The summed E-state index contributed by atoms with van der Waals surface area (Å²) in [6.45, 7) is 4.09. The zero-order valence-electron chi connectivity index (χ0n) is 21.0. The van der Waals surface area contributed by atoms with Crippen molar-refractivity contribution in [1.82, 2.24) is 14.8 Å². The number of carbonyl (C=O) groups is 1. The molecule has 1 saturated heterocycles. The summed E-state index contributed by atoms with van der Waals surface area (Å²) in [7, 11) is 3.88. The van der Waals surface area contributed by atoms with Crippen LogP contribution in [0, 0.1) is 5.82 Å². The van der Waals surface area contributed by atoms with E-state index in [1.807, 2.05) is 54.6 Å². The second-order valence-electron chi connectivity index (χ2n) is 9.41. The van der Waals surface area contributed by atoms with E-state index in [9.17, 15) is 14.3 Å². The van der Waals surface area contributed by atoms with Crippen LogP contribution in [0.25, 0.3) is 10.9 Å². The Morgan fingerprint density at radius 3 is 2.43 bits per heavy atom. The number of aromatic amines is 1. The highest BCUT2D eigenvalue weighted by Crippen LogP contribution is 2.32. The number of aliphatic imine (C=N–C) groups is 1. The van der Waals surface area contributed by atoms with E-state index in [0.717, 1.165) is 37.4 Å². The van der Waals surface area contributed by atoms with Gasteiger partial charge in [0.25, 0.3) is 0 Å². The van der Waals surface area contributed by atoms with E-state index in [1.54, 1.807) is 18.0 Å². The lowest BCUT2D eigenvalue weighted by Gasteiger charge is -2.32. The van der Waals surface area contributed by atoms with Crippen LogP contribution in [-0.4, -0.2) is 78.3 Å². The Labute approximate surface area is 215 Å². The van der Waals surface area contributed by atoms with E-state index in [4.69, 9.17) is 4.99 Å². The lowest BCUT2D eigenvalue weighted by molar-refractivity contribution is -0.119. The number of amides is 1. The van der Waals surface area contributed by atoms with Gasteiger partial charge >= 0.3 is 0 Å². The number of carbonyl (C=O) groups excluding carboxylic acids is 1. The van der Waals surface area contributed by atoms with Gasteiger partial charge in [-0.3, -0.25) is 9.69 Å². The van der Waals surface area contributed by atoms with Crippen LogP contribution in [0.4, 0.5) is 15.8 Å². The van der Waals surface area contributed by atoms with Crippen molar-refractivity contribution in [3.05, 3.63) is 89.7 Å². The Kier molecular flexibility index (Phi) is 7.03. The zero-order valence-corrected chi connectivity index (χ0v) is 21.0. The Hall–Kier alpha value is -4.01. The second kappa shape index (κ2) is 10.5. The molecule has 0 unspecified atom stereocenters. The number of hydrogen-bond acceptors (Lipinski definition) is 5. The maximum absolute atomic E-state index is 14.1.